The fourth-order valence-corrected chi connectivity index (χ4v) is 2.37. The first-order valence-electron chi connectivity index (χ1n) is 6.33. The highest BCUT2D eigenvalue weighted by atomic mass is 35.5. The van der Waals surface area contributed by atoms with Crippen LogP contribution >= 0.6 is 11.6 Å². The van der Waals surface area contributed by atoms with Gasteiger partial charge in [-0.1, -0.05) is 48.0 Å². The van der Waals surface area contributed by atoms with Crippen molar-refractivity contribution >= 4 is 22.4 Å². The van der Waals surface area contributed by atoms with Crippen LogP contribution in [0.15, 0.2) is 60.7 Å². The summed E-state index contributed by atoms with van der Waals surface area (Å²) < 4.78 is 5.84. The summed E-state index contributed by atoms with van der Waals surface area (Å²) in [4.78, 5) is 0. The molecule has 0 amide bonds. The zero-order valence-electron chi connectivity index (χ0n) is 10.7. The SMILES string of the molecule is OCc1c(Cl)cccc1Oc1ccc2ccccc2c1. The van der Waals surface area contributed by atoms with Gasteiger partial charge in [-0.3, -0.25) is 0 Å². The summed E-state index contributed by atoms with van der Waals surface area (Å²) in [6.07, 6.45) is 0. The molecule has 3 rings (SSSR count). The monoisotopic (exact) mass is 284 g/mol. The van der Waals surface area contributed by atoms with Crippen molar-refractivity contribution in [2.45, 2.75) is 6.61 Å². The Bertz CT molecular complexity index is 753. The van der Waals surface area contributed by atoms with Gasteiger partial charge in [-0.2, -0.15) is 0 Å². The van der Waals surface area contributed by atoms with Crippen LogP contribution in [0.5, 0.6) is 11.5 Å². The number of hydrogen-bond donors (Lipinski definition) is 1. The summed E-state index contributed by atoms with van der Waals surface area (Å²) in [7, 11) is 0. The second-order valence-corrected chi connectivity index (χ2v) is 4.89. The molecule has 100 valence electrons. The van der Waals surface area contributed by atoms with Gasteiger partial charge in [0.2, 0.25) is 0 Å². The van der Waals surface area contributed by atoms with Crippen LogP contribution in [0.4, 0.5) is 0 Å². The molecule has 3 aromatic rings. The fraction of sp³-hybridized carbons (Fsp3) is 0.0588. The van der Waals surface area contributed by atoms with Gasteiger partial charge in [0.25, 0.3) is 0 Å². The lowest BCUT2D eigenvalue weighted by molar-refractivity contribution is 0.276. The summed E-state index contributed by atoms with van der Waals surface area (Å²) in [6, 6.07) is 19.3. The van der Waals surface area contributed by atoms with E-state index in [9.17, 15) is 5.11 Å². The van der Waals surface area contributed by atoms with Crippen LogP contribution < -0.4 is 4.74 Å². The van der Waals surface area contributed by atoms with Crippen LogP contribution in [0.25, 0.3) is 10.8 Å². The lowest BCUT2D eigenvalue weighted by Crippen LogP contribution is -1.92. The van der Waals surface area contributed by atoms with Crippen molar-refractivity contribution in [3.8, 4) is 11.5 Å². The van der Waals surface area contributed by atoms with Gasteiger partial charge in [-0.25, -0.2) is 0 Å². The number of aliphatic hydroxyl groups excluding tert-OH is 1. The summed E-state index contributed by atoms with van der Waals surface area (Å²) >= 11 is 6.05. The molecule has 0 radical (unpaired) electrons. The van der Waals surface area contributed by atoms with E-state index in [1.807, 2.05) is 36.4 Å². The van der Waals surface area contributed by atoms with Crippen LogP contribution in [0.2, 0.25) is 5.02 Å². The normalized spacial score (nSPS) is 10.7. The Balaban J connectivity index is 1.99. The van der Waals surface area contributed by atoms with E-state index in [0.29, 0.717) is 16.3 Å². The molecule has 0 aliphatic rings. The van der Waals surface area contributed by atoms with E-state index in [1.54, 1.807) is 18.2 Å². The molecule has 20 heavy (non-hydrogen) atoms. The highest BCUT2D eigenvalue weighted by Crippen LogP contribution is 2.31. The molecule has 3 aromatic carbocycles. The standard InChI is InChI=1S/C17H13ClO2/c18-16-6-3-7-17(15(16)11-19)20-14-9-8-12-4-1-2-5-13(12)10-14/h1-10,19H,11H2. The Hall–Kier alpha value is -2.03. The maximum absolute atomic E-state index is 9.38. The van der Waals surface area contributed by atoms with Gasteiger partial charge in [-0.05, 0) is 35.0 Å². The van der Waals surface area contributed by atoms with E-state index in [2.05, 4.69) is 6.07 Å². The van der Waals surface area contributed by atoms with Gasteiger partial charge >= 0.3 is 0 Å². The Labute approximate surface area is 122 Å². The minimum Gasteiger partial charge on any atom is -0.457 e. The van der Waals surface area contributed by atoms with Crippen molar-refractivity contribution in [2.75, 3.05) is 0 Å². The second-order valence-electron chi connectivity index (χ2n) is 4.49. The Morgan fingerprint density at radius 2 is 1.70 bits per heavy atom. The van der Waals surface area contributed by atoms with E-state index in [0.717, 1.165) is 16.5 Å². The fourth-order valence-electron chi connectivity index (χ4n) is 2.15. The molecule has 2 nitrogen and oxygen atoms in total. The highest BCUT2D eigenvalue weighted by molar-refractivity contribution is 6.31. The van der Waals surface area contributed by atoms with Crippen molar-refractivity contribution in [3.63, 3.8) is 0 Å². The minimum atomic E-state index is -0.150. The molecule has 0 aliphatic heterocycles. The zero-order chi connectivity index (χ0) is 13.9. The molecule has 1 N–H and O–H groups in total. The number of halogens is 1. The average molecular weight is 285 g/mol. The second kappa shape index (κ2) is 5.53. The maximum atomic E-state index is 9.38. The summed E-state index contributed by atoms with van der Waals surface area (Å²) in [5, 5.41) is 12.2. The quantitative estimate of drug-likeness (QED) is 0.750. The van der Waals surface area contributed by atoms with Crippen molar-refractivity contribution in [2.24, 2.45) is 0 Å². The largest absolute Gasteiger partial charge is 0.457 e. The zero-order valence-corrected chi connectivity index (χ0v) is 11.5. The van der Waals surface area contributed by atoms with E-state index in [1.165, 1.54) is 0 Å². The van der Waals surface area contributed by atoms with Crippen LogP contribution in [-0.2, 0) is 6.61 Å². The number of benzene rings is 3. The predicted octanol–water partition coefficient (Wildman–Crippen LogP) is 4.78. The Morgan fingerprint density at radius 1 is 0.900 bits per heavy atom. The smallest absolute Gasteiger partial charge is 0.134 e. The highest BCUT2D eigenvalue weighted by Gasteiger charge is 2.08. The molecule has 0 aliphatic carbocycles. The average Bonchev–Trinajstić information content (AvgIpc) is 2.47. The number of hydrogen-bond acceptors (Lipinski definition) is 2. The maximum Gasteiger partial charge on any atom is 0.134 e. The number of fused-ring (bicyclic) bond motifs is 1. The van der Waals surface area contributed by atoms with Crippen LogP contribution in [-0.4, -0.2) is 5.11 Å². The predicted molar refractivity (Wildman–Crippen MR) is 81.4 cm³/mol. The molecule has 0 spiro atoms. The molecule has 0 bridgehead atoms. The molecule has 0 atom stereocenters. The van der Waals surface area contributed by atoms with Gasteiger partial charge in [0.15, 0.2) is 0 Å². The first-order valence-corrected chi connectivity index (χ1v) is 6.70. The molecular weight excluding hydrogens is 272 g/mol. The number of aliphatic hydroxyl groups is 1. The van der Waals surface area contributed by atoms with Gasteiger partial charge < -0.3 is 9.84 Å². The molecule has 0 heterocycles. The lowest BCUT2D eigenvalue weighted by atomic mass is 10.1. The molecule has 0 saturated heterocycles. The first kappa shape index (κ1) is 13.0. The lowest BCUT2D eigenvalue weighted by Gasteiger charge is -2.11. The van der Waals surface area contributed by atoms with E-state index in [-0.39, 0.29) is 6.61 Å². The molecule has 0 aromatic heterocycles. The third-order valence-electron chi connectivity index (χ3n) is 3.18. The summed E-state index contributed by atoms with van der Waals surface area (Å²) in [5.41, 5.74) is 0.599. The van der Waals surface area contributed by atoms with Crippen LogP contribution in [0.1, 0.15) is 5.56 Å². The van der Waals surface area contributed by atoms with Gasteiger partial charge in [-0.15, -0.1) is 0 Å². The molecular formula is C17H13ClO2. The first-order chi connectivity index (χ1) is 9.78. The molecule has 3 heteroatoms. The number of rotatable bonds is 3. The third-order valence-corrected chi connectivity index (χ3v) is 3.54. The van der Waals surface area contributed by atoms with Crippen molar-refractivity contribution in [1.29, 1.82) is 0 Å². The Morgan fingerprint density at radius 3 is 2.50 bits per heavy atom. The molecule has 0 unspecified atom stereocenters. The summed E-state index contributed by atoms with van der Waals surface area (Å²) in [6.45, 7) is -0.150. The van der Waals surface area contributed by atoms with Crippen molar-refractivity contribution < 1.29 is 9.84 Å². The molecule has 0 saturated carbocycles. The van der Waals surface area contributed by atoms with Crippen molar-refractivity contribution in [1.82, 2.24) is 0 Å². The van der Waals surface area contributed by atoms with E-state index >= 15 is 0 Å². The van der Waals surface area contributed by atoms with Crippen molar-refractivity contribution in [3.05, 3.63) is 71.2 Å². The van der Waals surface area contributed by atoms with Crippen LogP contribution in [0.3, 0.4) is 0 Å². The van der Waals surface area contributed by atoms with Gasteiger partial charge in [0.1, 0.15) is 11.5 Å². The van der Waals surface area contributed by atoms with Gasteiger partial charge in [0, 0.05) is 10.6 Å². The third kappa shape index (κ3) is 2.48. The topological polar surface area (TPSA) is 29.5 Å². The number of ether oxygens (including phenoxy) is 1. The van der Waals surface area contributed by atoms with E-state index in [4.69, 9.17) is 16.3 Å². The van der Waals surface area contributed by atoms with Crippen LogP contribution in [0, 0.1) is 0 Å². The Kier molecular flexibility index (Phi) is 3.59. The van der Waals surface area contributed by atoms with E-state index < -0.39 is 0 Å². The molecule has 0 fully saturated rings. The minimum absolute atomic E-state index is 0.150. The summed E-state index contributed by atoms with van der Waals surface area (Å²) in [5.74, 6) is 1.30. The van der Waals surface area contributed by atoms with Gasteiger partial charge in [0.05, 0.1) is 6.61 Å².